The van der Waals surface area contributed by atoms with Crippen molar-refractivity contribution in [1.29, 1.82) is 0 Å². The molecule has 1 aromatic rings. The van der Waals surface area contributed by atoms with E-state index in [-0.39, 0.29) is 5.91 Å². The minimum absolute atomic E-state index is 0.000720. The smallest absolute Gasteiger partial charge is 0.216 e. The second-order valence-electron chi connectivity index (χ2n) is 5.46. The molecule has 0 fully saturated rings. The molecule has 0 radical (unpaired) electrons. The number of carbonyl (C=O) groups is 1. The normalized spacial score (nSPS) is 10.7. The predicted octanol–water partition coefficient (Wildman–Crippen LogP) is 3.49. The van der Waals surface area contributed by atoms with Crippen molar-refractivity contribution in [3.63, 3.8) is 0 Å². The van der Waals surface area contributed by atoms with Crippen molar-refractivity contribution in [2.24, 2.45) is 5.92 Å². The number of aromatic nitrogens is 2. The Bertz CT molecular complexity index is 533. The van der Waals surface area contributed by atoms with E-state index in [9.17, 15) is 4.79 Å². The van der Waals surface area contributed by atoms with Gasteiger partial charge in [-0.25, -0.2) is 0 Å². The minimum atomic E-state index is 0.000720. The highest BCUT2D eigenvalue weighted by molar-refractivity contribution is 5.72. The van der Waals surface area contributed by atoms with E-state index in [4.69, 9.17) is 0 Å². The van der Waals surface area contributed by atoms with Crippen LogP contribution in [0.3, 0.4) is 0 Å². The van der Waals surface area contributed by atoms with Gasteiger partial charge >= 0.3 is 0 Å². The fraction of sp³-hybridized carbons (Fsp3) is 0.556. The van der Waals surface area contributed by atoms with Gasteiger partial charge in [0.15, 0.2) is 0 Å². The number of aromatic amines is 1. The zero-order chi connectivity index (χ0) is 17.1. The number of carbonyl (C=O) groups excluding carboxylic acids is 1. The van der Waals surface area contributed by atoms with Crippen LogP contribution >= 0.6 is 0 Å². The molecule has 122 valence electrons. The van der Waals surface area contributed by atoms with Crippen LogP contribution in [0.4, 0.5) is 0 Å². The maximum absolute atomic E-state index is 10.9. The monoisotopic (exact) mass is 303 g/mol. The molecule has 1 heterocycles. The van der Waals surface area contributed by atoms with Gasteiger partial charge in [0.1, 0.15) is 0 Å². The highest BCUT2D eigenvalue weighted by atomic mass is 16.1. The largest absolute Gasteiger partial charge is 0.356 e. The summed E-state index contributed by atoms with van der Waals surface area (Å²) < 4.78 is 0. The van der Waals surface area contributed by atoms with E-state index >= 15 is 0 Å². The Balaban J connectivity index is 0.00000135. The van der Waals surface area contributed by atoms with Gasteiger partial charge < -0.3 is 5.32 Å². The molecule has 0 aliphatic carbocycles. The van der Waals surface area contributed by atoms with Crippen LogP contribution in [0.15, 0.2) is 5.57 Å². The molecule has 0 aliphatic rings. The van der Waals surface area contributed by atoms with Gasteiger partial charge in [-0.1, -0.05) is 32.4 Å². The molecular formula is C18H29N3O. The van der Waals surface area contributed by atoms with E-state index in [1.165, 1.54) is 18.1 Å². The highest BCUT2D eigenvalue weighted by Crippen LogP contribution is 2.21. The Morgan fingerprint density at radius 3 is 2.55 bits per heavy atom. The van der Waals surface area contributed by atoms with E-state index in [1.807, 2.05) is 6.92 Å². The predicted molar refractivity (Wildman–Crippen MR) is 93.3 cm³/mol. The highest BCUT2D eigenvalue weighted by Gasteiger charge is 2.10. The van der Waals surface area contributed by atoms with Crippen molar-refractivity contribution < 1.29 is 4.79 Å². The first-order valence-electron chi connectivity index (χ1n) is 7.73. The lowest BCUT2D eigenvalue weighted by Crippen LogP contribution is -2.22. The molecule has 0 unspecified atom stereocenters. The summed E-state index contributed by atoms with van der Waals surface area (Å²) in [6.07, 6.45) is 8.64. The quantitative estimate of drug-likeness (QED) is 0.790. The van der Waals surface area contributed by atoms with E-state index in [0.717, 1.165) is 24.2 Å². The standard InChI is InChI=1S/C15H25N3O.C3H4/c1-6-13(10(2)3)9-14-11(4)17-18-15(14)7-8-16-12(5)19;1-3-2/h9-10H,6-8H2,1-5H3,(H,16,19)(H,17,18);1H,2H3/b13-9+;. The lowest BCUT2D eigenvalue weighted by molar-refractivity contribution is -0.118. The summed E-state index contributed by atoms with van der Waals surface area (Å²) in [5, 5.41) is 10.2. The van der Waals surface area contributed by atoms with Gasteiger partial charge in [-0.05, 0) is 26.2 Å². The zero-order valence-corrected chi connectivity index (χ0v) is 14.7. The third-order valence-electron chi connectivity index (χ3n) is 3.29. The second-order valence-corrected chi connectivity index (χ2v) is 5.46. The number of amides is 1. The van der Waals surface area contributed by atoms with Crippen molar-refractivity contribution in [2.45, 2.75) is 54.4 Å². The molecular weight excluding hydrogens is 274 g/mol. The fourth-order valence-corrected chi connectivity index (χ4v) is 2.09. The topological polar surface area (TPSA) is 57.8 Å². The minimum Gasteiger partial charge on any atom is -0.356 e. The Labute approximate surface area is 134 Å². The molecule has 4 nitrogen and oxygen atoms in total. The molecule has 0 bridgehead atoms. The molecule has 0 spiro atoms. The summed E-state index contributed by atoms with van der Waals surface area (Å²) in [6, 6.07) is 0. The molecule has 0 aromatic carbocycles. The number of terminal acetylenes is 1. The number of hydrogen-bond acceptors (Lipinski definition) is 2. The van der Waals surface area contributed by atoms with E-state index in [1.54, 1.807) is 6.92 Å². The summed E-state index contributed by atoms with van der Waals surface area (Å²) in [7, 11) is 0. The molecule has 1 amide bonds. The van der Waals surface area contributed by atoms with E-state index in [2.05, 4.69) is 54.7 Å². The van der Waals surface area contributed by atoms with Gasteiger partial charge in [-0.3, -0.25) is 9.89 Å². The average molecular weight is 303 g/mol. The number of hydrogen-bond donors (Lipinski definition) is 2. The lowest BCUT2D eigenvalue weighted by atomic mass is 9.97. The Morgan fingerprint density at radius 2 is 2.09 bits per heavy atom. The number of aryl methyl sites for hydroxylation is 1. The van der Waals surface area contributed by atoms with Gasteiger partial charge in [-0.2, -0.15) is 5.10 Å². The van der Waals surface area contributed by atoms with E-state index in [0.29, 0.717) is 12.5 Å². The molecule has 0 aliphatic heterocycles. The van der Waals surface area contributed by atoms with Crippen LogP contribution in [0.5, 0.6) is 0 Å². The molecule has 1 rings (SSSR count). The maximum atomic E-state index is 10.9. The number of H-pyrrole nitrogens is 1. The van der Waals surface area contributed by atoms with Crippen LogP contribution in [-0.4, -0.2) is 22.6 Å². The number of nitrogens with zero attached hydrogens (tertiary/aromatic N) is 1. The van der Waals surface area contributed by atoms with Crippen LogP contribution in [0, 0.1) is 25.2 Å². The SMILES string of the molecule is C#CC.CC/C(=C\c1c(CCNC(C)=O)n[nH]c1C)C(C)C. The van der Waals surface area contributed by atoms with Crippen molar-refractivity contribution in [3.8, 4) is 12.3 Å². The molecule has 22 heavy (non-hydrogen) atoms. The molecule has 0 saturated heterocycles. The van der Waals surface area contributed by atoms with Crippen LogP contribution < -0.4 is 5.32 Å². The summed E-state index contributed by atoms with van der Waals surface area (Å²) in [4.78, 5) is 10.9. The number of allylic oxidation sites excluding steroid dienone is 1. The second kappa shape index (κ2) is 10.7. The van der Waals surface area contributed by atoms with Crippen molar-refractivity contribution >= 4 is 12.0 Å². The third-order valence-corrected chi connectivity index (χ3v) is 3.29. The van der Waals surface area contributed by atoms with Gasteiger partial charge in [0.05, 0.1) is 5.69 Å². The molecule has 0 saturated carbocycles. The van der Waals surface area contributed by atoms with Crippen molar-refractivity contribution in [3.05, 3.63) is 22.5 Å². The number of rotatable bonds is 6. The van der Waals surface area contributed by atoms with Crippen LogP contribution in [-0.2, 0) is 11.2 Å². The fourth-order valence-electron chi connectivity index (χ4n) is 2.09. The maximum Gasteiger partial charge on any atom is 0.216 e. The van der Waals surface area contributed by atoms with Crippen molar-refractivity contribution in [1.82, 2.24) is 15.5 Å². The Morgan fingerprint density at radius 1 is 1.50 bits per heavy atom. The van der Waals surface area contributed by atoms with Crippen LogP contribution in [0.2, 0.25) is 0 Å². The van der Waals surface area contributed by atoms with Crippen LogP contribution in [0.1, 0.15) is 58.0 Å². The number of nitrogens with one attached hydrogen (secondary N) is 2. The Kier molecular flexibility index (Phi) is 9.69. The first kappa shape index (κ1) is 20.0. The Hall–Kier alpha value is -2.02. The third kappa shape index (κ3) is 7.12. The zero-order valence-electron chi connectivity index (χ0n) is 14.7. The molecule has 4 heteroatoms. The average Bonchev–Trinajstić information content (AvgIpc) is 2.77. The molecule has 1 aromatic heterocycles. The van der Waals surface area contributed by atoms with Crippen molar-refractivity contribution in [2.75, 3.05) is 6.54 Å². The summed E-state index contributed by atoms with van der Waals surface area (Å²) in [5.41, 5.74) is 4.71. The van der Waals surface area contributed by atoms with Gasteiger partial charge in [-0.15, -0.1) is 12.3 Å². The van der Waals surface area contributed by atoms with E-state index < -0.39 is 0 Å². The first-order chi connectivity index (χ1) is 10.4. The lowest BCUT2D eigenvalue weighted by Gasteiger charge is -2.09. The molecule has 2 N–H and O–H groups in total. The summed E-state index contributed by atoms with van der Waals surface area (Å²) in [5.74, 6) is 2.79. The summed E-state index contributed by atoms with van der Waals surface area (Å²) in [6.45, 7) is 12.4. The first-order valence-corrected chi connectivity index (χ1v) is 7.73. The summed E-state index contributed by atoms with van der Waals surface area (Å²) >= 11 is 0. The van der Waals surface area contributed by atoms with Gasteiger partial charge in [0.25, 0.3) is 0 Å². The van der Waals surface area contributed by atoms with Gasteiger partial charge in [0.2, 0.25) is 5.91 Å². The van der Waals surface area contributed by atoms with Gasteiger partial charge in [0, 0.05) is 31.1 Å². The van der Waals surface area contributed by atoms with Crippen LogP contribution in [0.25, 0.3) is 6.08 Å². The molecule has 0 atom stereocenters.